The molecule has 1 saturated heterocycles. The summed E-state index contributed by atoms with van der Waals surface area (Å²) in [4.78, 5) is 12.5. The van der Waals surface area contributed by atoms with E-state index in [2.05, 4.69) is 14.9 Å². The number of piperazine rings is 1. The monoisotopic (exact) mass is 360 g/mol. The Kier molecular flexibility index (Phi) is 5.88. The van der Waals surface area contributed by atoms with Gasteiger partial charge < -0.3 is 14.4 Å². The number of aromatic nitrogens is 2. The van der Waals surface area contributed by atoms with Crippen LogP contribution in [0.1, 0.15) is 18.2 Å². The van der Waals surface area contributed by atoms with Crippen LogP contribution in [-0.2, 0) is 13.0 Å². The lowest BCUT2D eigenvalue weighted by Gasteiger charge is -2.35. The predicted octanol–water partition coefficient (Wildman–Crippen LogP) is 2.52. The molecule has 140 valence electrons. The summed E-state index contributed by atoms with van der Waals surface area (Å²) in [5.74, 6) is 1.78. The second-order valence-electron chi connectivity index (χ2n) is 6.25. The first-order valence-corrected chi connectivity index (χ1v) is 8.83. The van der Waals surface area contributed by atoms with Crippen LogP contribution in [0.3, 0.4) is 0 Å². The van der Waals surface area contributed by atoms with Gasteiger partial charge in [0.25, 0.3) is 0 Å². The lowest BCUT2D eigenvalue weighted by Crippen LogP contribution is -2.46. The van der Waals surface area contributed by atoms with Gasteiger partial charge in [-0.2, -0.15) is 0 Å². The van der Waals surface area contributed by atoms with Crippen molar-refractivity contribution >= 4 is 5.82 Å². The molecular formula is C19H25FN4O2. The van der Waals surface area contributed by atoms with Crippen LogP contribution in [0.2, 0.25) is 0 Å². The van der Waals surface area contributed by atoms with E-state index in [-0.39, 0.29) is 5.82 Å². The molecule has 0 spiro atoms. The molecule has 0 amide bonds. The third-order valence-corrected chi connectivity index (χ3v) is 4.73. The van der Waals surface area contributed by atoms with E-state index in [0.717, 1.165) is 49.8 Å². The Morgan fingerprint density at radius 1 is 1.08 bits per heavy atom. The summed E-state index contributed by atoms with van der Waals surface area (Å²) in [7, 11) is 3.33. The van der Waals surface area contributed by atoms with E-state index in [1.807, 2.05) is 30.0 Å². The summed E-state index contributed by atoms with van der Waals surface area (Å²) in [5, 5.41) is 0. The fourth-order valence-corrected chi connectivity index (χ4v) is 3.23. The fraction of sp³-hybridized carbons (Fsp3) is 0.474. The molecule has 3 rings (SSSR count). The first-order chi connectivity index (χ1) is 12.7. The number of hydrogen-bond donors (Lipinski definition) is 0. The normalized spacial score (nSPS) is 15.2. The van der Waals surface area contributed by atoms with Crippen molar-refractivity contribution in [3.05, 3.63) is 41.6 Å². The number of aryl methyl sites for hydroxylation is 1. The van der Waals surface area contributed by atoms with Crippen molar-refractivity contribution in [3.8, 4) is 11.5 Å². The topological polar surface area (TPSA) is 50.7 Å². The maximum atomic E-state index is 14.5. The fourth-order valence-electron chi connectivity index (χ4n) is 3.23. The predicted molar refractivity (Wildman–Crippen MR) is 98.4 cm³/mol. The van der Waals surface area contributed by atoms with E-state index in [9.17, 15) is 4.39 Å². The summed E-state index contributed by atoms with van der Waals surface area (Å²) < 4.78 is 25.2. The highest BCUT2D eigenvalue weighted by molar-refractivity contribution is 5.42. The molecule has 0 unspecified atom stereocenters. The van der Waals surface area contributed by atoms with Gasteiger partial charge >= 0.3 is 0 Å². The lowest BCUT2D eigenvalue weighted by atomic mass is 10.1. The second-order valence-corrected chi connectivity index (χ2v) is 6.25. The minimum absolute atomic E-state index is 0.294. The highest BCUT2D eigenvalue weighted by Crippen LogP contribution is 2.26. The number of anilines is 1. The lowest BCUT2D eigenvalue weighted by molar-refractivity contribution is 0.244. The van der Waals surface area contributed by atoms with Gasteiger partial charge in [0.15, 0.2) is 11.6 Å². The third-order valence-electron chi connectivity index (χ3n) is 4.73. The van der Waals surface area contributed by atoms with Gasteiger partial charge in [0.2, 0.25) is 0 Å². The number of ether oxygens (including phenoxy) is 2. The average molecular weight is 360 g/mol. The minimum Gasteiger partial charge on any atom is -0.497 e. The molecule has 1 aliphatic rings. The number of methoxy groups -OCH3 is 2. The van der Waals surface area contributed by atoms with Crippen molar-refractivity contribution in [2.45, 2.75) is 19.9 Å². The van der Waals surface area contributed by atoms with Crippen LogP contribution in [0.25, 0.3) is 0 Å². The number of rotatable bonds is 6. The number of nitrogens with zero attached hydrogens (tertiary/aromatic N) is 4. The SMILES string of the molecule is CCc1ncnc(N2CCN(Cc3cc(OC)ccc3OC)CC2)c1F. The van der Waals surface area contributed by atoms with Crippen LogP contribution in [0, 0.1) is 5.82 Å². The second kappa shape index (κ2) is 8.31. The molecule has 2 heterocycles. The van der Waals surface area contributed by atoms with Gasteiger partial charge in [0.1, 0.15) is 17.8 Å². The van der Waals surface area contributed by atoms with Gasteiger partial charge in [0, 0.05) is 38.3 Å². The van der Waals surface area contributed by atoms with E-state index in [4.69, 9.17) is 9.47 Å². The van der Waals surface area contributed by atoms with E-state index in [0.29, 0.717) is 17.9 Å². The third kappa shape index (κ3) is 3.88. The maximum Gasteiger partial charge on any atom is 0.187 e. The van der Waals surface area contributed by atoms with E-state index < -0.39 is 0 Å². The summed E-state index contributed by atoms with van der Waals surface area (Å²) >= 11 is 0. The minimum atomic E-state index is -0.294. The summed E-state index contributed by atoms with van der Waals surface area (Å²) in [6, 6.07) is 5.82. The molecule has 1 aromatic heterocycles. The largest absolute Gasteiger partial charge is 0.497 e. The molecule has 1 aliphatic heterocycles. The zero-order valence-corrected chi connectivity index (χ0v) is 15.5. The molecule has 1 fully saturated rings. The number of halogens is 1. The van der Waals surface area contributed by atoms with Gasteiger partial charge in [-0.05, 0) is 24.6 Å². The van der Waals surface area contributed by atoms with Crippen LogP contribution in [0.5, 0.6) is 11.5 Å². The molecule has 26 heavy (non-hydrogen) atoms. The van der Waals surface area contributed by atoms with Crippen molar-refractivity contribution in [2.75, 3.05) is 45.3 Å². The molecule has 6 nitrogen and oxygen atoms in total. The van der Waals surface area contributed by atoms with Crippen molar-refractivity contribution in [1.82, 2.24) is 14.9 Å². The van der Waals surface area contributed by atoms with Crippen molar-refractivity contribution in [3.63, 3.8) is 0 Å². The maximum absolute atomic E-state index is 14.5. The molecule has 0 N–H and O–H groups in total. The Bertz CT molecular complexity index is 748. The Hall–Kier alpha value is -2.41. The Morgan fingerprint density at radius 3 is 2.50 bits per heavy atom. The van der Waals surface area contributed by atoms with E-state index in [1.54, 1.807) is 14.2 Å². The molecule has 0 atom stereocenters. The van der Waals surface area contributed by atoms with Crippen LogP contribution in [-0.4, -0.2) is 55.3 Å². The molecule has 1 aromatic carbocycles. The van der Waals surface area contributed by atoms with E-state index in [1.165, 1.54) is 6.33 Å². The number of benzene rings is 1. The molecule has 0 bridgehead atoms. The van der Waals surface area contributed by atoms with Crippen LogP contribution in [0.4, 0.5) is 10.2 Å². The van der Waals surface area contributed by atoms with Gasteiger partial charge in [-0.1, -0.05) is 6.92 Å². The summed E-state index contributed by atoms with van der Waals surface area (Å²) in [5.41, 5.74) is 1.56. The van der Waals surface area contributed by atoms with Crippen LogP contribution >= 0.6 is 0 Å². The Labute approximate surface area is 153 Å². The molecule has 0 aliphatic carbocycles. The first-order valence-electron chi connectivity index (χ1n) is 8.83. The Balaban J connectivity index is 1.66. The van der Waals surface area contributed by atoms with Gasteiger partial charge in [-0.15, -0.1) is 0 Å². The Morgan fingerprint density at radius 2 is 1.85 bits per heavy atom. The standard InChI is InChI=1S/C19H25FN4O2/c1-4-16-18(20)19(22-13-21-16)24-9-7-23(8-10-24)12-14-11-15(25-2)5-6-17(14)26-3/h5-6,11,13H,4,7-10,12H2,1-3H3. The summed E-state index contributed by atoms with van der Waals surface area (Å²) in [6.45, 7) is 5.76. The molecule has 7 heteroatoms. The van der Waals surface area contributed by atoms with Crippen molar-refractivity contribution in [1.29, 1.82) is 0 Å². The molecule has 2 aromatic rings. The molecule has 0 saturated carbocycles. The first kappa shape index (κ1) is 18.4. The van der Waals surface area contributed by atoms with Crippen LogP contribution < -0.4 is 14.4 Å². The van der Waals surface area contributed by atoms with Gasteiger partial charge in [0.05, 0.1) is 19.9 Å². The number of hydrogen-bond acceptors (Lipinski definition) is 6. The van der Waals surface area contributed by atoms with Crippen molar-refractivity contribution < 1.29 is 13.9 Å². The highest BCUT2D eigenvalue weighted by Gasteiger charge is 2.23. The van der Waals surface area contributed by atoms with Crippen LogP contribution in [0.15, 0.2) is 24.5 Å². The quantitative estimate of drug-likeness (QED) is 0.789. The molecule has 0 radical (unpaired) electrons. The zero-order valence-electron chi connectivity index (χ0n) is 15.5. The van der Waals surface area contributed by atoms with Crippen molar-refractivity contribution in [2.24, 2.45) is 0 Å². The van der Waals surface area contributed by atoms with Gasteiger partial charge in [-0.25, -0.2) is 14.4 Å². The van der Waals surface area contributed by atoms with E-state index >= 15 is 0 Å². The van der Waals surface area contributed by atoms with Gasteiger partial charge in [-0.3, -0.25) is 4.90 Å². The average Bonchev–Trinajstić information content (AvgIpc) is 2.69. The zero-order chi connectivity index (χ0) is 18.5. The molecular weight excluding hydrogens is 335 g/mol. The highest BCUT2D eigenvalue weighted by atomic mass is 19.1. The smallest absolute Gasteiger partial charge is 0.187 e. The summed E-state index contributed by atoms with van der Waals surface area (Å²) in [6.07, 6.45) is 2.02.